The van der Waals surface area contributed by atoms with E-state index >= 15 is 0 Å². The van der Waals surface area contributed by atoms with Crippen LogP contribution in [-0.2, 0) is 4.74 Å². The standard InChI is InChI=1S/C24H28N4O3/c1-18-6-8-20(9-7-18)28-23(24(29)25-10-11-27-12-14-31-15-13-27)17-22(26-28)19-4-3-5-21(16-19)30-2/h3-9,16-17H,10-15H2,1-2H3,(H,25,29). The highest BCUT2D eigenvalue weighted by atomic mass is 16.5. The molecule has 3 aromatic rings. The van der Waals surface area contributed by atoms with E-state index in [0.717, 1.165) is 61.1 Å². The maximum absolute atomic E-state index is 13.1. The number of nitrogens with zero attached hydrogens (tertiary/aromatic N) is 3. The number of amides is 1. The number of rotatable bonds is 7. The summed E-state index contributed by atoms with van der Waals surface area (Å²) in [6, 6.07) is 17.5. The van der Waals surface area contributed by atoms with E-state index in [2.05, 4.69) is 10.2 Å². The van der Waals surface area contributed by atoms with Gasteiger partial charge in [-0.05, 0) is 37.3 Å². The molecule has 7 heteroatoms. The Balaban J connectivity index is 1.58. The molecular formula is C24H28N4O3. The molecule has 1 aromatic heterocycles. The average Bonchev–Trinajstić information content (AvgIpc) is 3.26. The highest BCUT2D eigenvalue weighted by Crippen LogP contribution is 2.25. The predicted octanol–water partition coefficient (Wildman–Crippen LogP) is 2.92. The molecule has 0 radical (unpaired) electrons. The number of hydrogen-bond donors (Lipinski definition) is 1. The van der Waals surface area contributed by atoms with Crippen LogP contribution in [0.2, 0.25) is 0 Å². The van der Waals surface area contributed by atoms with Crippen LogP contribution in [0.5, 0.6) is 5.75 Å². The Hall–Kier alpha value is -3.16. The number of benzene rings is 2. The van der Waals surface area contributed by atoms with Crippen LogP contribution in [0.25, 0.3) is 16.9 Å². The molecule has 1 aliphatic rings. The normalized spacial score (nSPS) is 14.4. The second-order valence-corrected chi connectivity index (χ2v) is 7.60. The number of morpholine rings is 1. The van der Waals surface area contributed by atoms with Crippen molar-refractivity contribution in [2.75, 3.05) is 46.5 Å². The number of carbonyl (C=O) groups excluding carboxylic acids is 1. The molecule has 0 spiro atoms. The van der Waals surface area contributed by atoms with Gasteiger partial charge in [0.2, 0.25) is 0 Å². The van der Waals surface area contributed by atoms with Gasteiger partial charge in [-0.2, -0.15) is 5.10 Å². The first-order chi connectivity index (χ1) is 15.1. The number of ether oxygens (including phenoxy) is 2. The van der Waals surface area contributed by atoms with Crippen molar-refractivity contribution in [1.82, 2.24) is 20.0 Å². The maximum Gasteiger partial charge on any atom is 0.270 e. The van der Waals surface area contributed by atoms with Crippen molar-refractivity contribution in [2.45, 2.75) is 6.92 Å². The fraction of sp³-hybridized carbons (Fsp3) is 0.333. The molecular weight excluding hydrogens is 392 g/mol. The molecule has 1 aliphatic heterocycles. The van der Waals surface area contributed by atoms with Crippen LogP contribution in [0.3, 0.4) is 0 Å². The summed E-state index contributed by atoms with van der Waals surface area (Å²) in [4.78, 5) is 15.4. The fourth-order valence-electron chi connectivity index (χ4n) is 3.59. The Labute approximate surface area is 182 Å². The summed E-state index contributed by atoms with van der Waals surface area (Å²) in [6.45, 7) is 6.71. The number of aromatic nitrogens is 2. The number of methoxy groups -OCH3 is 1. The van der Waals surface area contributed by atoms with Gasteiger partial charge >= 0.3 is 0 Å². The largest absolute Gasteiger partial charge is 0.497 e. The van der Waals surface area contributed by atoms with E-state index in [1.54, 1.807) is 11.8 Å². The highest BCUT2D eigenvalue weighted by molar-refractivity contribution is 5.94. The third kappa shape index (κ3) is 5.13. The molecule has 1 saturated heterocycles. The van der Waals surface area contributed by atoms with Gasteiger partial charge in [-0.1, -0.05) is 29.8 Å². The zero-order valence-corrected chi connectivity index (χ0v) is 18.0. The summed E-state index contributed by atoms with van der Waals surface area (Å²) in [7, 11) is 1.64. The van der Waals surface area contributed by atoms with E-state index in [-0.39, 0.29) is 5.91 Å². The Kier molecular flexibility index (Phi) is 6.64. The molecule has 0 atom stereocenters. The molecule has 1 fully saturated rings. The molecule has 0 aliphatic carbocycles. The lowest BCUT2D eigenvalue weighted by molar-refractivity contribution is 0.0383. The minimum Gasteiger partial charge on any atom is -0.497 e. The molecule has 0 unspecified atom stereocenters. The Morgan fingerprint density at radius 1 is 1.13 bits per heavy atom. The van der Waals surface area contributed by atoms with E-state index in [1.807, 2.05) is 61.5 Å². The van der Waals surface area contributed by atoms with E-state index < -0.39 is 0 Å². The quantitative estimate of drug-likeness (QED) is 0.637. The van der Waals surface area contributed by atoms with Crippen molar-refractivity contribution >= 4 is 5.91 Å². The maximum atomic E-state index is 13.1. The first-order valence-electron chi connectivity index (χ1n) is 10.5. The zero-order valence-electron chi connectivity index (χ0n) is 18.0. The minimum absolute atomic E-state index is 0.143. The van der Waals surface area contributed by atoms with Crippen LogP contribution in [-0.4, -0.2) is 67.1 Å². The minimum atomic E-state index is -0.143. The topological polar surface area (TPSA) is 68.6 Å². The second-order valence-electron chi connectivity index (χ2n) is 7.60. The number of nitrogens with one attached hydrogen (secondary N) is 1. The van der Waals surface area contributed by atoms with Gasteiger partial charge < -0.3 is 14.8 Å². The van der Waals surface area contributed by atoms with Crippen molar-refractivity contribution in [1.29, 1.82) is 0 Å². The lowest BCUT2D eigenvalue weighted by Crippen LogP contribution is -2.41. The first-order valence-corrected chi connectivity index (χ1v) is 10.5. The summed E-state index contributed by atoms with van der Waals surface area (Å²) in [5, 5.41) is 7.80. The van der Waals surface area contributed by atoms with E-state index in [1.165, 1.54) is 0 Å². The van der Waals surface area contributed by atoms with Crippen molar-refractivity contribution in [3.05, 3.63) is 65.9 Å². The number of carbonyl (C=O) groups is 1. The van der Waals surface area contributed by atoms with Crippen LogP contribution >= 0.6 is 0 Å². The van der Waals surface area contributed by atoms with Crippen LogP contribution in [0.4, 0.5) is 0 Å². The SMILES string of the molecule is COc1cccc(-c2cc(C(=O)NCCN3CCOCC3)n(-c3ccc(C)cc3)n2)c1. The summed E-state index contributed by atoms with van der Waals surface area (Å²) in [5.74, 6) is 0.606. The van der Waals surface area contributed by atoms with E-state index in [4.69, 9.17) is 14.6 Å². The Morgan fingerprint density at radius 3 is 2.65 bits per heavy atom. The van der Waals surface area contributed by atoms with Gasteiger partial charge in [0.1, 0.15) is 11.4 Å². The Bertz CT molecular complexity index is 1020. The van der Waals surface area contributed by atoms with Gasteiger partial charge in [0.05, 0.1) is 31.7 Å². The number of hydrogen-bond acceptors (Lipinski definition) is 5. The summed E-state index contributed by atoms with van der Waals surface area (Å²) >= 11 is 0. The smallest absolute Gasteiger partial charge is 0.270 e. The third-order valence-electron chi connectivity index (χ3n) is 5.40. The molecule has 7 nitrogen and oxygen atoms in total. The molecule has 162 valence electrons. The van der Waals surface area contributed by atoms with Crippen molar-refractivity contribution < 1.29 is 14.3 Å². The molecule has 0 bridgehead atoms. The summed E-state index contributed by atoms with van der Waals surface area (Å²) in [6.07, 6.45) is 0. The van der Waals surface area contributed by atoms with Crippen molar-refractivity contribution in [3.8, 4) is 22.7 Å². The molecule has 4 rings (SSSR count). The van der Waals surface area contributed by atoms with Gasteiger partial charge in [-0.15, -0.1) is 0 Å². The second kappa shape index (κ2) is 9.76. The van der Waals surface area contributed by atoms with Gasteiger partial charge in [-0.25, -0.2) is 4.68 Å². The van der Waals surface area contributed by atoms with Gasteiger partial charge in [0.25, 0.3) is 5.91 Å². The molecule has 2 aromatic carbocycles. The molecule has 2 heterocycles. The molecule has 1 N–H and O–H groups in total. The van der Waals surface area contributed by atoms with Gasteiger partial charge in [0, 0.05) is 31.7 Å². The average molecular weight is 421 g/mol. The van der Waals surface area contributed by atoms with Crippen molar-refractivity contribution in [3.63, 3.8) is 0 Å². The highest BCUT2D eigenvalue weighted by Gasteiger charge is 2.18. The number of aryl methyl sites for hydroxylation is 1. The van der Waals surface area contributed by atoms with Gasteiger partial charge in [-0.3, -0.25) is 9.69 Å². The van der Waals surface area contributed by atoms with E-state index in [0.29, 0.717) is 12.2 Å². The Morgan fingerprint density at radius 2 is 1.90 bits per heavy atom. The summed E-state index contributed by atoms with van der Waals surface area (Å²) < 4.78 is 12.4. The first kappa shape index (κ1) is 21.1. The molecule has 31 heavy (non-hydrogen) atoms. The third-order valence-corrected chi connectivity index (χ3v) is 5.40. The van der Waals surface area contributed by atoms with Crippen LogP contribution in [0.1, 0.15) is 16.1 Å². The fourth-order valence-corrected chi connectivity index (χ4v) is 3.59. The van der Waals surface area contributed by atoms with Gasteiger partial charge in [0.15, 0.2) is 0 Å². The molecule has 1 amide bonds. The van der Waals surface area contributed by atoms with Crippen LogP contribution in [0.15, 0.2) is 54.6 Å². The van der Waals surface area contributed by atoms with Crippen LogP contribution < -0.4 is 10.1 Å². The lowest BCUT2D eigenvalue weighted by atomic mass is 10.1. The molecule has 0 saturated carbocycles. The monoisotopic (exact) mass is 420 g/mol. The lowest BCUT2D eigenvalue weighted by Gasteiger charge is -2.26. The van der Waals surface area contributed by atoms with Crippen molar-refractivity contribution in [2.24, 2.45) is 0 Å². The van der Waals surface area contributed by atoms with E-state index in [9.17, 15) is 4.79 Å². The predicted molar refractivity (Wildman–Crippen MR) is 120 cm³/mol. The van der Waals surface area contributed by atoms with Crippen LogP contribution in [0, 0.1) is 6.92 Å². The summed E-state index contributed by atoms with van der Waals surface area (Å²) in [5.41, 5.74) is 4.12. The zero-order chi connectivity index (χ0) is 21.6.